The Morgan fingerprint density at radius 2 is 0.794 bits per heavy atom. The molecule has 0 radical (unpaired) electrons. The predicted molar refractivity (Wildman–Crippen MR) is 66.0 cm³/mol. The molecule has 0 aliphatic rings. The minimum Gasteiger partial charge on any atom is -0.192 e. The Hall–Kier alpha value is -1.46. The second kappa shape index (κ2) is 8.30. The van der Waals surface area contributed by atoms with Crippen LogP contribution in [0.2, 0.25) is 0 Å². The SMILES string of the molecule is CCN(C(F)(F)C(F)(F)C(F)(F)C(F)(F)C(F)(F)C(F)(F)C(F)(F)C(F)(F)F)S(=O)(=O)N(F)F. The van der Waals surface area contributed by atoms with Gasteiger partial charge in [-0.25, -0.2) is 0 Å². The van der Waals surface area contributed by atoms with E-state index >= 15 is 0 Å². The van der Waals surface area contributed by atoms with E-state index < -0.39 is 73.6 Å². The van der Waals surface area contributed by atoms with Crippen LogP contribution in [0.1, 0.15) is 6.92 Å². The first-order chi connectivity index (χ1) is 14.4. The highest BCUT2D eigenvalue weighted by Gasteiger charge is 2.95. The summed E-state index contributed by atoms with van der Waals surface area (Å²) in [5.41, 5.74) is 0. The lowest BCUT2D eigenvalue weighted by Crippen LogP contribution is -2.76. The maximum absolute atomic E-state index is 13.7. The van der Waals surface area contributed by atoms with Crippen LogP contribution in [0.4, 0.5) is 83.6 Å². The fourth-order valence-corrected chi connectivity index (χ4v) is 2.77. The highest BCUT2D eigenvalue weighted by Crippen LogP contribution is 2.64. The van der Waals surface area contributed by atoms with Crippen molar-refractivity contribution in [3.63, 3.8) is 0 Å². The van der Waals surface area contributed by atoms with Crippen LogP contribution in [0.25, 0.3) is 0 Å². The van der Waals surface area contributed by atoms with Gasteiger partial charge in [-0.05, 0) is 0 Å². The number of rotatable bonds is 10. The molecule has 0 aliphatic heterocycles. The molecule has 0 spiro atoms. The molecule has 24 heteroatoms. The first-order valence-corrected chi connectivity index (χ1v) is 8.64. The Balaban J connectivity index is 7.06. The number of alkyl halides is 17. The summed E-state index contributed by atoms with van der Waals surface area (Å²) in [4.78, 5) is 0. The molecule has 0 N–H and O–H groups in total. The highest BCUT2D eigenvalue weighted by molar-refractivity contribution is 7.86. The third kappa shape index (κ3) is 4.01. The van der Waals surface area contributed by atoms with Crippen molar-refractivity contribution in [1.29, 1.82) is 0 Å². The average Bonchev–Trinajstić information content (AvgIpc) is 2.59. The van der Waals surface area contributed by atoms with E-state index in [2.05, 4.69) is 0 Å². The van der Waals surface area contributed by atoms with E-state index in [0.29, 0.717) is 0 Å². The maximum Gasteiger partial charge on any atom is 0.460 e. The van der Waals surface area contributed by atoms with Gasteiger partial charge in [-0.2, -0.15) is 83.1 Å². The number of nitrogens with zero attached hydrogens (tertiary/aromatic N) is 2. The molecular formula is C10H5F19N2O2S. The summed E-state index contributed by atoms with van der Waals surface area (Å²) < 4.78 is 262. The van der Waals surface area contributed by atoms with Crippen molar-refractivity contribution in [2.75, 3.05) is 6.54 Å². The van der Waals surface area contributed by atoms with Crippen LogP contribution in [-0.4, -0.2) is 71.8 Å². The first kappa shape index (κ1) is 32.5. The maximum atomic E-state index is 13.7. The third-order valence-corrected chi connectivity index (χ3v) is 5.15. The highest BCUT2D eigenvalue weighted by atomic mass is 32.2. The van der Waals surface area contributed by atoms with Crippen molar-refractivity contribution in [3.8, 4) is 0 Å². The summed E-state index contributed by atoms with van der Waals surface area (Å²) in [6.07, 6.45) is -7.93. The standard InChI is InChI=1S/C10H5F19N2O2S/c1-2-30(34(32,33)31(28)29)10(26,27)8(21,22)6(17,18)4(13,14)3(11,12)5(15,16)7(19,20)9(23,24)25/h2H2,1H3. The zero-order valence-electron chi connectivity index (χ0n) is 15.0. The van der Waals surface area contributed by atoms with Crippen molar-refractivity contribution in [2.45, 2.75) is 54.7 Å². The van der Waals surface area contributed by atoms with E-state index in [1.165, 1.54) is 0 Å². The minimum atomic E-state index is -8.96. The summed E-state index contributed by atoms with van der Waals surface area (Å²) in [5, 5.41) is 0. The lowest BCUT2D eigenvalue weighted by atomic mass is 9.90. The molecule has 0 unspecified atom stereocenters. The first-order valence-electron chi connectivity index (χ1n) is 7.25. The van der Waals surface area contributed by atoms with E-state index in [1.807, 2.05) is 0 Å². The lowest BCUT2D eigenvalue weighted by Gasteiger charge is -2.44. The lowest BCUT2D eigenvalue weighted by molar-refractivity contribution is -0.465. The molecule has 0 aliphatic carbocycles. The van der Waals surface area contributed by atoms with Crippen LogP contribution in [0.5, 0.6) is 0 Å². The van der Waals surface area contributed by atoms with E-state index in [0.717, 1.165) is 0 Å². The molecular weight excluding hydrogens is 573 g/mol. The van der Waals surface area contributed by atoms with Crippen molar-refractivity contribution < 1.29 is 92.0 Å². The number of hydrogen-bond acceptors (Lipinski definition) is 2. The molecule has 0 atom stereocenters. The van der Waals surface area contributed by atoms with Gasteiger partial charge in [0.2, 0.25) is 0 Å². The van der Waals surface area contributed by atoms with Crippen LogP contribution >= 0.6 is 0 Å². The van der Waals surface area contributed by atoms with Gasteiger partial charge in [0.15, 0.2) is 4.75 Å². The largest absolute Gasteiger partial charge is 0.460 e. The molecule has 0 heterocycles. The zero-order valence-corrected chi connectivity index (χ0v) is 15.8. The Morgan fingerprint density at radius 1 is 0.529 bits per heavy atom. The Kier molecular flexibility index (Phi) is 7.94. The summed E-state index contributed by atoms with van der Waals surface area (Å²) >= 11 is 0. The van der Waals surface area contributed by atoms with Crippen molar-refractivity contribution >= 4 is 10.2 Å². The summed E-state index contributed by atoms with van der Waals surface area (Å²) in [7, 11) is -7.32. The average molecular weight is 578 g/mol. The fourth-order valence-electron chi connectivity index (χ4n) is 1.89. The monoisotopic (exact) mass is 578 g/mol. The molecule has 0 saturated carbocycles. The molecule has 34 heavy (non-hydrogen) atoms. The van der Waals surface area contributed by atoms with Crippen molar-refractivity contribution in [3.05, 3.63) is 0 Å². The van der Waals surface area contributed by atoms with Crippen LogP contribution in [0.15, 0.2) is 0 Å². The zero-order chi connectivity index (χ0) is 28.4. The molecule has 4 nitrogen and oxygen atoms in total. The van der Waals surface area contributed by atoms with Crippen LogP contribution in [0.3, 0.4) is 0 Å². The van der Waals surface area contributed by atoms with Gasteiger partial charge >= 0.3 is 58.0 Å². The summed E-state index contributed by atoms with van der Waals surface area (Å²) in [5.74, 6) is -52.3. The third-order valence-electron chi connectivity index (χ3n) is 3.76. The topological polar surface area (TPSA) is 40.6 Å². The quantitative estimate of drug-likeness (QED) is 0.193. The second-order valence-electron chi connectivity index (χ2n) is 5.83. The van der Waals surface area contributed by atoms with Gasteiger partial charge in [-0.15, -0.1) is 4.31 Å². The molecule has 0 rings (SSSR count). The molecule has 0 amide bonds. The van der Waals surface area contributed by atoms with Gasteiger partial charge in [0.1, 0.15) is 0 Å². The summed E-state index contributed by atoms with van der Waals surface area (Å²) in [6, 6.07) is -7.65. The predicted octanol–water partition coefficient (Wildman–Crippen LogP) is 5.59. The second-order valence-corrected chi connectivity index (χ2v) is 7.44. The van der Waals surface area contributed by atoms with E-state index in [1.54, 1.807) is 0 Å². The Labute approximate surface area is 173 Å². The van der Waals surface area contributed by atoms with E-state index in [-0.39, 0.29) is 6.92 Å². The van der Waals surface area contributed by atoms with Gasteiger partial charge in [0, 0.05) is 6.54 Å². The van der Waals surface area contributed by atoms with Crippen LogP contribution in [-0.2, 0) is 10.2 Å². The van der Waals surface area contributed by atoms with Crippen molar-refractivity contribution in [1.82, 2.24) is 9.05 Å². The van der Waals surface area contributed by atoms with Gasteiger partial charge in [0.05, 0.1) is 0 Å². The molecule has 0 bridgehead atoms. The molecule has 206 valence electrons. The molecule has 0 fully saturated rings. The number of halogens is 19. The Morgan fingerprint density at radius 3 is 1.03 bits per heavy atom. The molecule has 0 saturated heterocycles. The van der Waals surface area contributed by atoms with Crippen LogP contribution < -0.4 is 0 Å². The summed E-state index contributed by atoms with van der Waals surface area (Å²) in [6.45, 7) is -2.59. The molecule has 0 aromatic rings. The van der Waals surface area contributed by atoms with Gasteiger partial charge in [-0.1, -0.05) is 15.9 Å². The minimum absolute atomic E-state index is 0.131. The number of hydrogen-bond donors (Lipinski definition) is 0. The van der Waals surface area contributed by atoms with Gasteiger partial charge in [-0.3, -0.25) is 0 Å². The van der Waals surface area contributed by atoms with Crippen LogP contribution in [0, 0.1) is 0 Å². The van der Waals surface area contributed by atoms with Gasteiger partial charge in [0.25, 0.3) is 0 Å². The fraction of sp³-hybridized carbons (Fsp3) is 1.00. The van der Waals surface area contributed by atoms with E-state index in [9.17, 15) is 92.0 Å². The molecule has 0 aromatic carbocycles. The van der Waals surface area contributed by atoms with E-state index in [4.69, 9.17) is 0 Å². The Bertz CT molecular complexity index is 848. The normalized spacial score (nSPS) is 16.5. The van der Waals surface area contributed by atoms with Gasteiger partial charge < -0.3 is 0 Å². The smallest absolute Gasteiger partial charge is 0.192 e. The molecule has 0 aromatic heterocycles. The van der Waals surface area contributed by atoms with Crippen molar-refractivity contribution in [2.24, 2.45) is 0 Å².